The molecule has 1 aromatic carbocycles. The molecule has 1 unspecified atom stereocenters. The van der Waals surface area contributed by atoms with Gasteiger partial charge in [-0.1, -0.05) is 17.7 Å². The maximum Gasteiger partial charge on any atom is 0.240 e. The van der Waals surface area contributed by atoms with Crippen LogP contribution in [-0.2, 0) is 19.1 Å². The highest BCUT2D eigenvalue weighted by Crippen LogP contribution is 2.23. The number of benzene rings is 1. The Balaban J connectivity index is 1.62. The average molecular weight is 463 g/mol. The molecule has 3 rings (SSSR count). The fourth-order valence-electron chi connectivity index (χ4n) is 3.21. The molecule has 1 aromatic heterocycles. The predicted molar refractivity (Wildman–Crippen MR) is 118 cm³/mol. The molecule has 0 spiro atoms. The van der Waals surface area contributed by atoms with Gasteiger partial charge in [-0.15, -0.1) is 0 Å². The summed E-state index contributed by atoms with van der Waals surface area (Å²) in [7, 11) is 0. The van der Waals surface area contributed by atoms with Crippen LogP contribution in [0.1, 0.15) is 25.7 Å². The van der Waals surface area contributed by atoms with E-state index in [2.05, 4.69) is 15.6 Å². The first kappa shape index (κ1) is 23.6. The van der Waals surface area contributed by atoms with E-state index in [4.69, 9.17) is 16.3 Å². The maximum absolute atomic E-state index is 13.6. The number of amides is 3. The Bertz CT molecular complexity index is 954. The number of aromatic nitrogens is 1. The highest BCUT2D eigenvalue weighted by atomic mass is 35.5. The van der Waals surface area contributed by atoms with Crippen molar-refractivity contribution >= 4 is 40.8 Å². The maximum atomic E-state index is 13.6. The summed E-state index contributed by atoms with van der Waals surface area (Å²) < 4.78 is 19.1. The molecule has 0 aliphatic carbocycles. The SMILES string of the molecule is O=C(CN(C(=O)CCC(=O)Nc1ccccn1)c1ccc(F)c(Cl)c1)NCC1CCCO1. The first-order valence-corrected chi connectivity index (χ1v) is 10.6. The highest BCUT2D eigenvalue weighted by Gasteiger charge is 2.22. The van der Waals surface area contributed by atoms with E-state index < -0.39 is 23.5 Å². The summed E-state index contributed by atoms with van der Waals surface area (Å²) in [5, 5.41) is 5.18. The molecule has 1 fully saturated rings. The zero-order valence-corrected chi connectivity index (χ0v) is 18.1. The summed E-state index contributed by atoms with van der Waals surface area (Å²) in [4.78, 5) is 42.7. The second kappa shape index (κ2) is 11.5. The molecule has 1 aliphatic rings. The van der Waals surface area contributed by atoms with Crippen LogP contribution in [-0.4, -0.2) is 48.5 Å². The van der Waals surface area contributed by atoms with Gasteiger partial charge in [0.2, 0.25) is 17.7 Å². The Labute approximate surface area is 190 Å². The van der Waals surface area contributed by atoms with Crippen molar-refractivity contribution in [3.05, 3.63) is 53.4 Å². The van der Waals surface area contributed by atoms with E-state index in [1.54, 1.807) is 18.2 Å². The van der Waals surface area contributed by atoms with E-state index in [0.29, 0.717) is 19.0 Å². The van der Waals surface area contributed by atoms with Crippen molar-refractivity contribution in [1.29, 1.82) is 0 Å². The molecule has 1 aliphatic heterocycles. The predicted octanol–water partition coefficient (Wildman–Crippen LogP) is 2.92. The Hall–Kier alpha value is -3.04. The third kappa shape index (κ3) is 7.00. The van der Waals surface area contributed by atoms with Gasteiger partial charge in [-0.05, 0) is 43.2 Å². The van der Waals surface area contributed by atoms with Crippen molar-refractivity contribution in [2.75, 3.05) is 29.9 Å². The molecular weight excluding hydrogens is 439 g/mol. The molecular formula is C22H24ClFN4O4. The van der Waals surface area contributed by atoms with Crippen molar-refractivity contribution in [1.82, 2.24) is 10.3 Å². The number of hydrogen-bond donors (Lipinski definition) is 2. The monoisotopic (exact) mass is 462 g/mol. The van der Waals surface area contributed by atoms with E-state index in [0.717, 1.165) is 18.9 Å². The summed E-state index contributed by atoms with van der Waals surface area (Å²) in [5.41, 5.74) is 0.263. The molecule has 2 aromatic rings. The normalized spacial score (nSPS) is 15.2. The Morgan fingerprint density at radius 2 is 2.03 bits per heavy atom. The average Bonchev–Trinajstić information content (AvgIpc) is 3.31. The van der Waals surface area contributed by atoms with Gasteiger partial charge in [0.1, 0.15) is 18.2 Å². The molecule has 0 saturated carbocycles. The van der Waals surface area contributed by atoms with E-state index in [1.165, 1.54) is 23.2 Å². The first-order chi connectivity index (χ1) is 15.4. The number of carbonyl (C=O) groups is 3. The van der Waals surface area contributed by atoms with Crippen molar-refractivity contribution in [3.8, 4) is 0 Å². The Kier molecular flexibility index (Phi) is 8.52. The summed E-state index contributed by atoms with van der Waals surface area (Å²) in [5.74, 6) is -1.53. The van der Waals surface area contributed by atoms with Gasteiger partial charge < -0.3 is 20.3 Å². The number of ether oxygens (including phenoxy) is 1. The van der Waals surface area contributed by atoms with Gasteiger partial charge in [0.05, 0.1) is 11.1 Å². The molecule has 0 bridgehead atoms. The van der Waals surface area contributed by atoms with Crippen molar-refractivity contribution in [2.24, 2.45) is 0 Å². The minimum Gasteiger partial charge on any atom is -0.376 e. The lowest BCUT2D eigenvalue weighted by Crippen LogP contribution is -2.43. The van der Waals surface area contributed by atoms with Gasteiger partial charge in [-0.25, -0.2) is 9.37 Å². The zero-order valence-electron chi connectivity index (χ0n) is 17.4. The van der Waals surface area contributed by atoms with Crippen LogP contribution in [0.15, 0.2) is 42.6 Å². The summed E-state index contributed by atoms with van der Waals surface area (Å²) >= 11 is 5.86. The molecule has 1 saturated heterocycles. The Morgan fingerprint density at radius 3 is 2.72 bits per heavy atom. The second-order valence-corrected chi connectivity index (χ2v) is 7.69. The minimum atomic E-state index is -0.639. The largest absolute Gasteiger partial charge is 0.376 e. The summed E-state index contributed by atoms with van der Waals surface area (Å²) in [6, 6.07) is 8.83. The lowest BCUT2D eigenvalue weighted by molar-refractivity contribution is -0.125. The number of nitrogens with zero attached hydrogens (tertiary/aromatic N) is 2. The van der Waals surface area contributed by atoms with Gasteiger partial charge >= 0.3 is 0 Å². The van der Waals surface area contributed by atoms with Crippen molar-refractivity contribution in [3.63, 3.8) is 0 Å². The molecule has 32 heavy (non-hydrogen) atoms. The number of carbonyl (C=O) groups excluding carboxylic acids is 3. The van der Waals surface area contributed by atoms with Crippen LogP contribution in [0.25, 0.3) is 0 Å². The van der Waals surface area contributed by atoms with Crippen LogP contribution < -0.4 is 15.5 Å². The topological polar surface area (TPSA) is 101 Å². The summed E-state index contributed by atoms with van der Waals surface area (Å²) in [6.07, 6.45) is 3.03. The van der Waals surface area contributed by atoms with E-state index >= 15 is 0 Å². The smallest absolute Gasteiger partial charge is 0.240 e. The van der Waals surface area contributed by atoms with Crippen LogP contribution in [0.2, 0.25) is 5.02 Å². The van der Waals surface area contributed by atoms with Gasteiger partial charge in [-0.2, -0.15) is 0 Å². The highest BCUT2D eigenvalue weighted by molar-refractivity contribution is 6.31. The van der Waals surface area contributed by atoms with E-state index in [9.17, 15) is 18.8 Å². The van der Waals surface area contributed by atoms with Crippen molar-refractivity contribution in [2.45, 2.75) is 31.8 Å². The Morgan fingerprint density at radius 1 is 1.19 bits per heavy atom. The van der Waals surface area contributed by atoms with Gasteiger partial charge in [0.25, 0.3) is 0 Å². The number of pyridine rings is 1. The van der Waals surface area contributed by atoms with E-state index in [1.807, 2.05) is 0 Å². The summed E-state index contributed by atoms with van der Waals surface area (Å²) in [6.45, 7) is 0.715. The molecule has 170 valence electrons. The molecule has 2 N–H and O–H groups in total. The lowest BCUT2D eigenvalue weighted by atomic mass is 10.2. The second-order valence-electron chi connectivity index (χ2n) is 7.28. The molecule has 1 atom stereocenters. The van der Waals surface area contributed by atoms with Gasteiger partial charge in [0.15, 0.2) is 0 Å². The molecule has 8 nitrogen and oxygen atoms in total. The number of anilines is 2. The fourth-order valence-corrected chi connectivity index (χ4v) is 3.38. The number of halogens is 2. The number of rotatable bonds is 9. The molecule has 0 radical (unpaired) electrons. The minimum absolute atomic E-state index is 0.0429. The van der Waals surface area contributed by atoms with Gasteiger partial charge in [0, 0.05) is 37.9 Å². The van der Waals surface area contributed by atoms with Crippen LogP contribution in [0.4, 0.5) is 15.9 Å². The quantitative estimate of drug-likeness (QED) is 0.596. The zero-order chi connectivity index (χ0) is 22.9. The van der Waals surface area contributed by atoms with Crippen LogP contribution in [0, 0.1) is 5.82 Å². The molecule has 10 heteroatoms. The van der Waals surface area contributed by atoms with Crippen LogP contribution in [0.5, 0.6) is 0 Å². The third-order valence-corrected chi connectivity index (χ3v) is 5.16. The fraction of sp³-hybridized carbons (Fsp3) is 0.364. The van der Waals surface area contributed by atoms with Crippen LogP contribution in [0.3, 0.4) is 0 Å². The molecule has 3 amide bonds. The third-order valence-electron chi connectivity index (χ3n) is 4.87. The number of hydrogen-bond acceptors (Lipinski definition) is 5. The van der Waals surface area contributed by atoms with Crippen LogP contribution >= 0.6 is 11.6 Å². The standard InChI is InChI=1S/C22H24ClFN4O4/c23-17-12-15(6-7-18(17)24)28(14-21(30)26-13-16-4-3-11-32-16)22(31)9-8-20(29)27-19-5-1-2-10-25-19/h1-2,5-7,10,12,16H,3-4,8-9,11,13-14H2,(H,26,30)(H,25,27,29). The lowest BCUT2D eigenvalue weighted by Gasteiger charge is -2.23. The number of nitrogens with one attached hydrogen (secondary N) is 2. The molecule has 2 heterocycles. The first-order valence-electron chi connectivity index (χ1n) is 10.3. The van der Waals surface area contributed by atoms with E-state index in [-0.39, 0.29) is 36.2 Å². The van der Waals surface area contributed by atoms with Crippen molar-refractivity contribution < 1.29 is 23.5 Å². The van der Waals surface area contributed by atoms with Gasteiger partial charge in [-0.3, -0.25) is 14.4 Å².